The van der Waals surface area contributed by atoms with E-state index in [4.69, 9.17) is 5.73 Å². The van der Waals surface area contributed by atoms with Crippen LogP contribution >= 0.6 is 15.9 Å². The minimum absolute atomic E-state index is 0.158. The highest BCUT2D eigenvalue weighted by atomic mass is 79.9. The molecule has 2 aromatic rings. The zero-order valence-electron chi connectivity index (χ0n) is 9.40. The Balaban J connectivity index is 1.82. The number of amides is 1. The Morgan fingerprint density at radius 2 is 2.33 bits per heavy atom. The van der Waals surface area contributed by atoms with Crippen LogP contribution in [0.15, 0.2) is 29.0 Å². The number of aromatic nitrogens is 3. The summed E-state index contributed by atoms with van der Waals surface area (Å²) in [5.74, 6) is 0.212. The minimum atomic E-state index is -0.158. The van der Waals surface area contributed by atoms with Crippen LogP contribution < -0.4 is 11.1 Å². The molecule has 5 N–H and O–H groups in total. The molecule has 0 aliphatic carbocycles. The van der Waals surface area contributed by atoms with E-state index in [1.807, 2.05) is 6.08 Å². The van der Waals surface area contributed by atoms with Gasteiger partial charge in [-0.1, -0.05) is 6.08 Å². The number of imidazole rings is 1. The van der Waals surface area contributed by atoms with E-state index in [0.29, 0.717) is 18.2 Å². The maximum atomic E-state index is 11.6. The molecule has 18 heavy (non-hydrogen) atoms. The second kappa shape index (κ2) is 5.54. The van der Waals surface area contributed by atoms with Crippen molar-refractivity contribution in [3.63, 3.8) is 0 Å². The number of nitrogens with two attached hydrogens (primary N) is 1. The molecule has 94 valence electrons. The number of nitrogen functional groups attached to an aromatic ring is 1. The van der Waals surface area contributed by atoms with E-state index in [1.165, 1.54) is 0 Å². The predicted molar refractivity (Wildman–Crippen MR) is 72.9 cm³/mol. The summed E-state index contributed by atoms with van der Waals surface area (Å²) in [6.45, 7) is 0.425. The van der Waals surface area contributed by atoms with E-state index in [2.05, 4.69) is 36.2 Å². The molecule has 0 radical (unpaired) electrons. The molecule has 0 spiro atoms. The first-order chi connectivity index (χ1) is 8.65. The highest BCUT2D eigenvalue weighted by Gasteiger charge is 2.05. The van der Waals surface area contributed by atoms with Gasteiger partial charge in [0.1, 0.15) is 5.69 Å². The zero-order chi connectivity index (χ0) is 13.0. The van der Waals surface area contributed by atoms with Crippen LogP contribution in [-0.4, -0.2) is 27.4 Å². The highest BCUT2D eigenvalue weighted by Crippen LogP contribution is 2.08. The van der Waals surface area contributed by atoms with Gasteiger partial charge in [0.15, 0.2) is 5.95 Å². The topological polar surface area (TPSA) is 99.6 Å². The molecule has 0 fully saturated rings. The molecule has 2 heterocycles. The van der Waals surface area contributed by atoms with Crippen LogP contribution in [0.5, 0.6) is 0 Å². The summed E-state index contributed by atoms with van der Waals surface area (Å²) < 4.78 is 0.774. The van der Waals surface area contributed by atoms with Crippen molar-refractivity contribution in [2.75, 3.05) is 12.3 Å². The Bertz CT molecular complexity index is 572. The number of halogens is 1. The van der Waals surface area contributed by atoms with E-state index in [9.17, 15) is 4.79 Å². The van der Waals surface area contributed by atoms with E-state index in [1.54, 1.807) is 24.4 Å². The third-order valence-corrected chi connectivity index (χ3v) is 2.65. The third-order valence-electron chi connectivity index (χ3n) is 2.19. The van der Waals surface area contributed by atoms with Gasteiger partial charge in [-0.15, -0.1) is 0 Å². The van der Waals surface area contributed by atoms with Gasteiger partial charge in [-0.2, -0.15) is 0 Å². The van der Waals surface area contributed by atoms with Crippen LogP contribution in [0.2, 0.25) is 0 Å². The number of rotatable bonds is 4. The Kier molecular flexibility index (Phi) is 3.83. The summed E-state index contributed by atoms with van der Waals surface area (Å²) in [4.78, 5) is 21.2. The van der Waals surface area contributed by atoms with Crippen LogP contribution in [0.4, 0.5) is 5.95 Å². The molecular weight excluding hydrogens is 298 g/mol. The quantitative estimate of drug-likeness (QED) is 0.689. The van der Waals surface area contributed by atoms with Gasteiger partial charge < -0.3 is 21.0 Å². The Morgan fingerprint density at radius 1 is 1.50 bits per heavy atom. The largest absolute Gasteiger partial charge is 0.369 e. The van der Waals surface area contributed by atoms with Gasteiger partial charge in [0.2, 0.25) is 0 Å². The van der Waals surface area contributed by atoms with Gasteiger partial charge >= 0.3 is 0 Å². The molecule has 0 aliphatic heterocycles. The lowest BCUT2D eigenvalue weighted by Crippen LogP contribution is -2.23. The van der Waals surface area contributed by atoms with Crippen LogP contribution in [0, 0.1) is 0 Å². The predicted octanol–water partition coefficient (Wildman–Crippen LogP) is 1.53. The van der Waals surface area contributed by atoms with Gasteiger partial charge in [0, 0.05) is 6.54 Å². The first-order valence-corrected chi connectivity index (χ1v) is 6.04. The third kappa shape index (κ3) is 3.24. The molecule has 0 atom stereocenters. The van der Waals surface area contributed by atoms with Crippen molar-refractivity contribution in [3.8, 4) is 0 Å². The first kappa shape index (κ1) is 12.4. The maximum absolute atomic E-state index is 11.6. The molecule has 0 saturated carbocycles. The number of hydrogen-bond donors (Lipinski definition) is 4. The highest BCUT2D eigenvalue weighted by molar-refractivity contribution is 9.10. The lowest BCUT2D eigenvalue weighted by atomic mass is 10.4. The van der Waals surface area contributed by atoms with E-state index >= 15 is 0 Å². The van der Waals surface area contributed by atoms with Crippen molar-refractivity contribution in [3.05, 3.63) is 40.4 Å². The van der Waals surface area contributed by atoms with Crippen molar-refractivity contribution in [1.29, 1.82) is 0 Å². The second-order valence-corrected chi connectivity index (χ2v) is 4.41. The molecule has 6 nitrogen and oxygen atoms in total. The average Bonchev–Trinajstić information content (AvgIpc) is 2.93. The molecule has 2 aromatic heterocycles. The fourth-order valence-electron chi connectivity index (χ4n) is 1.37. The number of nitrogens with one attached hydrogen (secondary N) is 3. The normalized spacial score (nSPS) is 10.9. The molecule has 0 bridgehead atoms. The summed E-state index contributed by atoms with van der Waals surface area (Å²) in [5, 5.41) is 2.75. The number of carbonyl (C=O) groups excluding carboxylic acids is 1. The molecule has 0 aliphatic rings. The summed E-state index contributed by atoms with van der Waals surface area (Å²) >= 11 is 3.24. The van der Waals surface area contributed by atoms with Crippen molar-refractivity contribution in [1.82, 2.24) is 20.3 Å². The summed E-state index contributed by atoms with van der Waals surface area (Å²) in [6, 6.07) is 3.48. The standard InChI is InChI=1S/C11H12BrN5O/c12-9-4-3-8(17-9)10(18)14-5-1-2-7-6-15-11(13)16-7/h1-4,6,17H,5H2,(H,14,18)(H3,13,15,16). The van der Waals surface area contributed by atoms with Gasteiger partial charge in [0.25, 0.3) is 5.91 Å². The van der Waals surface area contributed by atoms with Crippen LogP contribution in [-0.2, 0) is 0 Å². The van der Waals surface area contributed by atoms with E-state index in [0.717, 1.165) is 10.3 Å². The van der Waals surface area contributed by atoms with Gasteiger partial charge in [-0.05, 0) is 34.1 Å². The number of aromatic amines is 2. The summed E-state index contributed by atoms with van der Waals surface area (Å²) in [6.07, 6.45) is 5.23. The van der Waals surface area contributed by atoms with Crippen LogP contribution in [0.1, 0.15) is 16.2 Å². The maximum Gasteiger partial charge on any atom is 0.267 e. The Hall–Kier alpha value is -2.02. The van der Waals surface area contributed by atoms with Crippen molar-refractivity contribution >= 4 is 33.9 Å². The molecule has 0 saturated heterocycles. The molecule has 0 unspecified atom stereocenters. The molecule has 7 heteroatoms. The molecular formula is C11H12BrN5O. The van der Waals surface area contributed by atoms with E-state index < -0.39 is 0 Å². The molecule has 2 rings (SSSR count). The van der Waals surface area contributed by atoms with Crippen molar-refractivity contribution < 1.29 is 4.79 Å². The van der Waals surface area contributed by atoms with Crippen LogP contribution in [0.3, 0.4) is 0 Å². The minimum Gasteiger partial charge on any atom is -0.369 e. The van der Waals surface area contributed by atoms with Crippen molar-refractivity contribution in [2.24, 2.45) is 0 Å². The number of H-pyrrole nitrogens is 2. The average molecular weight is 310 g/mol. The van der Waals surface area contributed by atoms with E-state index in [-0.39, 0.29) is 5.91 Å². The Labute approximate surface area is 112 Å². The SMILES string of the molecule is Nc1ncc(C=CCNC(=O)c2ccc(Br)[nH]2)[nH]1. The zero-order valence-corrected chi connectivity index (χ0v) is 11.0. The molecule has 1 amide bonds. The first-order valence-electron chi connectivity index (χ1n) is 5.25. The smallest absolute Gasteiger partial charge is 0.267 e. The summed E-state index contributed by atoms with van der Waals surface area (Å²) in [7, 11) is 0. The number of anilines is 1. The van der Waals surface area contributed by atoms with Crippen LogP contribution in [0.25, 0.3) is 6.08 Å². The number of hydrogen-bond acceptors (Lipinski definition) is 3. The fraction of sp³-hybridized carbons (Fsp3) is 0.0909. The van der Waals surface area contributed by atoms with Crippen molar-refractivity contribution in [2.45, 2.75) is 0 Å². The lowest BCUT2D eigenvalue weighted by molar-refractivity contribution is 0.0953. The van der Waals surface area contributed by atoms with Gasteiger partial charge in [-0.3, -0.25) is 4.79 Å². The van der Waals surface area contributed by atoms with Gasteiger partial charge in [-0.25, -0.2) is 4.98 Å². The monoisotopic (exact) mass is 309 g/mol. The van der Waals surface area contributed by atoms with Gasteiger partial charge in [0.05, 0.1) is 16.5 Å². The second-order valence-electron chi connectivity index (χ2n) is 3.56. The lowest BCUT2D eigenvalue weighted by Gasteiger charge is -1.98. The number of carbonyl (C=O) groups is 1. The summed E-state index contributed by atoms with van der Waals surface area (Å²) in [5.41, 5.74) is 6.74. The fourth-order valence-corrected chi connectivity index (χ4v) is 1.72. The Morgan fingerprint density at radius 3 is 2.94 bits per heavy atom. The number of nitrogens with zero attached hydrogens (tertiary/aromatic N) is 1. The molecule has 0 aromatic carbocycles.